The Labute approximate surface area is 156 Å². The van der Waals surface area contributed by atoms with Crippen LogP contribution in [-0.4, -0.2) is 13.2 Å². The highest BCUT2D eigenvalue weighted by molar-refractivity contribution is 5.57. The maximum Gasteiger partial charge on any atom is 0.142 e. The lowest BCUT2D eigenvalue weighted by molar-refractivity contribution is 0.148. The molecule has 0 bridgehead atoms. The lowest BCUT2D eigenvalue weighted by Crippen LogP contribution is -2.23. The normalized spacial score (nSPS) is 19.9. The van der Waals surface area contributed by atoms with Gasteiger partial charge in [0, 0.05) is 11.3 Å². The van der Waals surface area contributed by atoms with Crippen molar-refractivity contribution in [2.75, 3.05) is 24.7 Å². The third-order valence-corrected chi connectivity index (χ3v) is 5.53. The summed E-state index contributed by atoms with van der Waals surface area (Å²) in [6.07, 6.45) is 4.71. The van der Waals surface area contributed by atoms with Crippen molar-refractivity contribution in [1.82, 2.24) is 0 Å². The largest absolute Gasteiger partial charge is 0.493 e. The van der Waals surface area contributed by atoms with Gasteiger partial charge in [0.05, 0.1) is 18.9 Å². The lowest BCUT2D eigenvalue weighted by atomic mass is 9.83. The monoisotopic (exact) mass is 354 g/mol. The van der Waals surface area contributed by atoms with Crippen LogP contribution in [0.3, 0.4) is 0 Å². The van der Waals surface area contributed by atoms with E-state index in [1.54, 1.807) is 0 Å². The molecule has 0 radical (unpaired) electrons. The minimum Gasteiger partial charge on any atom is -0.493 e. The van der Waals surface area contributed by atoms with Crippen molar-refractivity contribution in [2.45, 2.75) is 39.5 Å². The first-order valence-corrected chi connectivity index (χ1v) is 9.50. The molecule has 0 saturated heterocycles. The van der Waals surface area contributed by atoms with Gasteiger partial charge in [-0.3, -0.25) is 0 Å². The van der Waals surface area contributed by atoms with Crippen LogP contribution < -0.4 is 20.9 Å². The van der Waals surface area contributed by atoms with E-state index in [-0.39, 0.29) is 0 Å². The summed E-state index contributed by atoms with van der Waals surface area (Å²) in [7, 11) is 0. The highest BCUT2D eigenvalue weighted by Crippen LogP contribution is 2.32. The molecule has 2 aromatic carbocycles. The molecule has 2 aromatic rings. The smallest absolute Gasteiger partial charge is 0.142 e. The van der Waals surface area contributed by atoms with Crippen molar-refractivity contribution in [2.24, 2.45) is 11.8 Å². The van der Waals surface area contributed by atoms with Crippen LogP contribution in [0.25, 0.3) is 0 Å². The number of hydrogen-bond acceptors (Lipinski definition) is 4. The van der Waals surface area contributed by atoms with Gasteiger partial charge in [0.25, 0.3) is 0 Å². The number of ether oxygens (including phenoxy) is 2. The zero-order valence-corrected chi connectivity index (χ0v) is 15.8. The van der Waals surface area contributed by atoms with E-state index in [0.29, 0.717) is 11.8 Å². The molecule has 4 N–H and O–H groups in total. The second-order valence-electron chi connectivity index (χ2n) is 7.47. The van der Waals surface area contributed by atoms with Crippen LogP contribution in [0.1, 0.15) is 36.8 Å². The van der Waals surface area contributed by atoms with E-state index in [1.807, 2.05) is 50.2 Å². The van der Waals surface area contributed by atoms with Gasteiger partial charge in [0.2, 0.25) is 0 Å². The predicted octanol–water partition coefficient (Wildman–Crippen LogP) is 4.73. The van der Waals surface area contributed by atoms with Crippen molar-refractivity contribution in [3.8, 4) is 11.5 Å². The first kappa shape index (κ1) is 18.4. The maximum atomic E-state index is 6.09. The standard InChI is InChI=1S/C22H30N2O2/c1-15-5-3-8-21(22(15)24)26-14-18-11-9-17(10-12-18)13-25-20-7-4-6-19(23)16(20)2/h3-8,17-18H,9-14,23-24H2,1-2H3. The van der Waals surface area contributed by atoms with Gasteiger partial charge in [-0.2, -0.15) is 0 Å². The molecule has 1 fully saturated rings. The molecule has 0 atom stereocenters. The van der Waals surface area contributed by atoms with E-state index in [1.165, 1.54) is 25.7 Å². The number of anilines is 2. The zero-order chi connectivity index (χ0) is 18.5. The lowest BCUT2D eigenvalue weighted by Gasteiger charge is -2.28. The van der Waals surface area contributed by atoms with Crippen LogP contribution in [0.5, 0.6) is 11.5 Å². The quantitative estimate of drug-likeness (QED) is 0.736. The van der Waals surface area contributed by atoms with Crippen molar-refractivity contribution in [3.63, 3.8) is 0 Å². The van der Waals surface area contributed by atoms with E-state index < -0.39 is 0 Å². The van der Waals surface area contributed by atoms with Gasteiger partial charge >= 0.3 is 0 Å². The number of aryl methyl sites for hydroxylation is 1. The fourth-order valence-electron chi connectivity index (χ4n) is 3.55. The molecule has 0 amide bonds. The van der Waals surface area contributed by atoms with Gasteiger partial charge in [-0.25, -0.2) is 0 Å². The first-order valence-electron chi connectivity index (χ1n) is 9.50. The number of rotatable bonds is 6. The Morgan fingerprint density at radius 2 is 1.35 bits per heavy atom. The molecule has 1 aliphatic rings. The van der Waals surface area contributed by atoms with Gasteiger partial charge in [-0.05, 0) is 75.1 Å². The van der Waals surface area contributed by atoms with E-state index in [0.717, 1.165) is 47.2 Å². The van der Waals surface area contributed by atoms with E-state index in [4.69, 9.17) is 20.9 Å². The molecule has 0 unspecified atom stereocenters. The summed E-state index contributed by atoms with van der Waals surface area (Å²) >= 11 is 0. The molecule has 3 rings (SSSR count). The summed E-state index contributed by atoms with van der Waals surface area (Å²) in [5.41, 5.74) is 15.7. The van der Waals surface area contributed by atoms with Crippen molar-refractivity contribution in [3.05, 3.63) is 47.5 Å². The Bertz CT molecular complexity index is 673. The van der Waals surface area contributed by atoms with Gasteiger partial charge < -0.3 is 20.9 Å². The van der Waals surface area contributed by atoms with Crippen LogP contribution >= 0.6 is 0 Å². The summed E-state index contributed by atoms with van der Waals surface area (Å²) in [5.74, 6) is 2.93. The average Bonchev–Trinajstić information content (AvgIpc) is 2.65. The van der Waals surface area contributed by atoms with E-state index in [2.05, 4.69) is 0 Å². The first-order chi connectivity index (χ1) is 12.5. The minimum absolute atomic E-state index is 0.597. The Morgan fingerprint density at radius 1 is 0.808 bits per heavy atom. The topological polar surface area (TPSA) is 70.5 Å². The highest BCUT2D eigenvalue weighted by atomic mass is 16.5. The molecule has 1 saturated carbocycles. The van der Waals surface area contributed by atoms with Crippen LogP contribution in [0.4, 0.5) is 11.4 Å². The molecular formula is C22H30N2O2. The van der Waals surface area contributed by atoms with E-state index >= 15 is 0 Å². The van der Waals surface area contributed by atoms with Crippen LogP contribution in [0.2, 0.25) is 0 Å². The third kappa shape index (κ3) is 4.43. The molecule has 0 aliphatic heterocycles. The van der Waals surface area contributed by atoms with Gasteiger partial charge in [0.1, 0.15) is 11.5 Å². The molecule has 4 heteroatoms. The number of nitrogens with two attached hydrogens (primary N) is 2. The van der Waals surface area contributed by atoms with Crippen molar-refractivity contribution in [1.29, 1.82) is 0 Å². The summed E-state index contributed by atoms with van der Waals surface area (Å²) in [6, 6.07) is 11.8. The fourth-order valence-corrected chi connectivity index (χ4v) is 3.55. The van der Waals surface area contributed by atoms with Crippen LogP contribution in [0, 0.1) is 25.7 Å². The van der Waals surface area contributed by atoms with Gasteiger partial charge in [-0.15, -0.1) is 0 Å². The number of benzene rings is 2. The highest BCUT2D eigenvalue weighted by Gasteiger charge is 2.22. The summed E-state index contributed by atoms with van der Waals surface area (Å²) < 4.78 is 12.0. The number of para-hydroxylation sites is 1. The summed E-state index contributed by atoms with van der Waals surface area (Å²) in [6.45, 7) is 5.53. The predicted molar refractivity (Wildman–Crippen MR) is 108 cm³/mol. The SMILES string of the molecule is Cc1cccc(OCC2CCC(COc3cccc(N)c3C)CC2)c1N. The zero-order valence-electron chi connectivity index (χ0n) is 15.8. The van der Waals surface area contributed by atoms with Crippen LogP contribution in [-0.2, 0) is 0 Å². The van der Waals surface area contributed by atoms with Crippen molar-refractivity contribution >= 4 is 11.4 Å². The molecule has 26 heavy (non-hydrogen) atoms. The van der Waals surface area contributed by atoms with E-state index in [9.17, 15) is 0 Å². The second kappa shape index (κ2) is 8.35. The molecule has 1 aliphatic carbocycles. The van der Waals surface area contributed by atoms with Crippen molar-refractivity contribution < 1.29 is 9.47 Å². The summed E-state index contributed by atoms with van der Waals surface area (Å²) in [5, 5.41) is 0. The van der Waals surface area contributed by atoms with Gasteiger partial charge in [0.15, 0.2) is 0 Å². The Kier molecular flexibility index (Phi) is 5.92. The molecule has 140 valence electrons. The molecule has 0 spiro atoms. The third-order valence-electron chi connectivity index (χ3n) is 5.53. The van der Waals surface area contributed by atoms with Crippen LogP contribution in [0.15, 0.2) is 36.4 Å². The Balaban J connectivity index is 1.43. The second-order valence-corrected chi connectivity index (χ2v) is 7.47. The minimum atomic E-state index is 0.597. The number of nitrogen functional groups attached to an aromatic ring is 2. The fraction of sp³-hybridized carbons (Fsp3) is 0.455. The molecule has 0 aromatic heterocycles. The molecule has 0 heterocycles. The molecule has 4 nitrogen and oxygen atoms in total. The number of hydrogen-bond donors (Lipinski definition) is 2. The maximum absolute atomic E-state index is 6.09. The van der Waals surface area contributed by atoms with Gasteiger partial charge in [-0.1, -0.05) is 18.2 Å². The summed E-state index contributed by atoms with van der Waals surface area (Å²) in [4.78, 5) is 0. The average molecular weight is 354 g/mol. The molecular weight excluding hydrogens is 324 g/mol. The Morgan fingerprint density at radius 3 is 2.00 bits per heavy atom. The Hall–Kier alpha value is -2.36.